The van der Waals surface area contributed by atoms with Crippen molar-refractivity contribution in [2.45, 2.75) is 12.6 Å². The smallest absolute Gasteiger partial charge is 0.249 e. The molecule has 1 unspecified atom stereocenters. The molecular formula is C16H13N7O2. The highest BCUT2D eigenvalue weighted by Gasteiger charge is 2.23. The largest absolute Gasteiger partial charge is 0.350 e. The van der Waals surface area contributed by atoms with Gasteiger partial charge in [0.05, 0.1) is 0 Å². The molecule has 0 bridgehead atoms. The van der Waals surface area contributed by atoms with Crippen molar-refractivity contribution in [3.05, 3.63) is 66.0 Å². The maximum Gasteiger partial charge on any atom is 0.249 e. The molecule has 0 aliphatic rings. The van der Waals surface area contributed by atoms with Gasteiger partial charge in [0.2, 0.25) is 5.91 Å². The number of fused-ring (bicyclic) bond motifs is 1. The fourth-order valence-electron chi connectivity index (χ4n) is 2.57. The predicted octanol–water partition coefficient (Wildman–Crippen LogP) is 1.12. The van der Waals surface area contributed by atoms with Crippen molar-refractivity contribution in [3.63, 3.8) is 0 Å². The van der Waals surface area contributed by atoms with Gasteiger partial charge in [-0.1, -0.05) is 36.4 Å². The first-order valence-electron chi connectivity index (χ1n) is 7.57. The minimum Gasteiger partial charge on any atom is -0.350 e. The zero-order valence-electron chi connectivity index (χ0n) is 13.0. The maximum atomic E-state index is 12.8. The van der Waals surface area contributed by atoms with Gasteiger partial charge in [-0.15, -0.1) is 5.10 Å². The fraction of sp³-hybridized carbons (Fsp3) is 0.125. The fourth-order valence-corrected chi connectivity index (χ4v) is 2.57. The van der Waals surface area contributed by atoms with Crippen LogP contribution in [0.1, 0.15) is 17.2 Å². The number of hydrogen-bond donors (Lipinski definition) is 1. The molecule has 25 heavy (non-hydrogen) atoms. The van der Waals surface area contributed by atoms with Gasteiger partial charge in [0.25, 0.3) is 0 Å². The number of carbonyl (C=O) groups excluding carboxylic acids is 1. The van der Waals surface area contributed by atoms with Crippen molar-refractivity contribution in [2.75, 3.05) is 0 Å². The molecule has 9 heteroatoms. The van der Waals surface area contributed by atoms with E-state index in [2.05, 4.69) is 35.8 Å². The van der Waals surface area contributed by atoms with E-state index in [-0.39, 0.29) is 5.91 Å². The Morgan fingerprint density at radius 3 is 2.76 bits per heavy atom. The Bertz CT molecular complexity index is 982. The van der Waals surface area contributed by atoms with Gasteiger partial charge in [-0.3, -0.25) is 4.79 Å². The van der Waals surface area contributed by atoms with Gasteiger partial charge in [0, 0.05) is 6.54 Å². The summed E-state index contributed by atoms with van der Waals surface area (Å²) in [5, 5.41) is 21.6. The Hall–Kier alpha value is -3.62. The van der Waals surface area contributed by atoms with Crippen LogP contribution in [0.15, 0.2) is 59.5 Å². The van der Waals surface area contributed by atoms with E-state index in [0.29, 0.717) is 17.6 Å². The van der Waals surface area contributed by atoms with Crippen LogP contribution in [0.5, 0.6) is 0 Å². The molecule has 0 saturated carbocycles. The van der Waals surface area contributed by atoms with E-state index >= 15 is 0 Å². The summed E-state index contributed by atoms with van der Waals surface area (Å²) in [6.45, 7) is 0.340. The first-order valence-corrected chi connectivity index (χ1v) is 7.57. The van der Waals surface area contributed by atoms with Crippen LogP contribution in [0.3, 0.4) is 0 Å². The van der Waals surface area contributed by atoms with E-state index in [9.17, 15) is 4.79 Å². The van der Waals surface area contributed by atoms with Crippen LogP contribution in [-0.4, -0.2) is 36.4 Å². The van der Waals surface area contributed by atoms with E-state index in [1.54, 1.807) is 6.07 Å². The first-order chi connectivity index (χ1) is 12.3. The quantitative estimate of drug-likeness (QED) is 0.581. The number of amides is 1. The van der Waals surface area contributed by atoms with Gasteiger partial charge in [-0.05, 0) is 44.0 Å². The summed E-state index contributed by atoms with van der Waals surface area (Å²) in [5.41, 5.74) is 3.00. The van der Waals surface area contributed by atoms with Crippen LogP contribution in [0, 0.1) is 0 Å². The van der Waals surface area contributed by atoms with Crippen LogP contribution in [-0.2, 0) is 11.3 Å². The Labute approximate surface area is 141 Å². The van der Waals surface area contributed by atoms with Crippen molar-refractivity contribution < 1.29 is 9.42 Å². The highest BCUT2D eigenvalue weighted by atomic mass is 16.6. The summed E-state index contributed by atoms with van der Waals surface area (Å²) >= 11 is 0. The van der Waals surface area contributed by atoms with Crippen molar-refractivity contribution in [1.82, 2.24) is 35.8 Å². The van der Waals surface area contributed by atoms with Gasteiger partial charge in [-0.2, -0.15) is 0 Å². The molecule has 2 aromatic heterocycles. The van der Waals surface area contributed by atoms with Gasteiger partial charge in [0.1, 0.15) is 17.4 Å². The lowest BCUT2D eigenvalue weighted by Gasteiger charge is -2.16. The molecule has 4 aromatic rings. The highest BCUT2D eigenvalue weighted by molar-refractivity contribution is 5.83. The summed E-state index contributed by atoms with van der Waals surface area (Å²) in [6.07, 6.45) is 1.42. The molecule has 4 rings (SSSR count). The Morgan fingerprint density at radius 1 is 1.12 bits per heavy atom. The average Bonchev–Trinajstić information content (AvgIpc) is 3.32. The SMILES string of the molecule is O=C(NCc1ccc2nonc2c1)C(c1ccccc1)n1cnnn1. The molecule has 124 valence electrons. The highest BCUT2D eigenvalue weighted by Crippen LogP contribution is 2.17. The summed E-state index contributed by atoms with van der Waals surface area (Å²) in [4.78, 5) is 12.8. The van der Waals surface area contributed by atoms with E-state index in [0.717, 1.165) is 11.1 Å². The molecule has 0 saturated heterocycles. The van der Waals surface area contributed by atoms with Gasteiger partial charge < -0.3 is 5.32 Å². The predicted molar refractivity (Wildman–Crippen MR) is 86.0 cm³/mol. The molecule has 0 aliphatic carbocycles. The van der Waals surface area contributed by atoms with E-state index in [1.807, 2.05) is 42.5 Å². The van der Waals surface area contributed by atoms with Crippen LogP contribution in [0.2, 0.25) is 0 Å². The Balaban J connectivity index is 1.54. The minimum atomic E-state index is -0.645. The lowest BCUT2D eigenvalue weighted by molar-refractivity contribution is -0.123. The van der Waals surface area contributed by atoms with Crippen molar-refractivity contribution in [3.8, 4) is 0 Å². The van der Waals surface area contributed by atoms with Gasteiger partial charge in [0.15, 0.2) is 6.04 Å². The Kier molecular flexibility index (Phi) is 3.87. The van der Waals surface area contributed by atoms with Crippen LogP contribution in [0.4, 0.5) is 0 Å². The van der Waals surface area contributed by atoms with E-state index < -0.39 is 6.04 Å². The van der Waals surface area contributed by atoms with E-state index in [1.165, 1.54) is 11.0 Å². The number of rotatable bonds is 5. The number of aromatic nitrogens is 6. The number of hydrogen-bond acceptors (Lipinski definition) is 7. The zero-order chi connectivity index (χ0) is 17.1. The maximum absolute atomic E-state index is 12.8. The van der Waals surface area contributed by atoms with Crippen LogP contribution >= 0.6 is 0 Å². The number of nitrogens with one attached hydrogen (secondary N) is 1. The molecule has 2 aromatic carbocycles. The number of carbonyl (C=O) groups is 1. The van der Waals surface area contributed by atoms with Gasteiger partial charge >= 0.3 is 0 Å². The second-order valence-corrected chi connectivity index (χ2v) is 5.41. The molecule has 9 nitrogen and oxygen atoms in total. The monoisotopic (exact) mass is 335 g/mol. The number of benzene rings is 2. The molecule has 0 spiro atoms. The third-order valence-corrected chi connectivity index (χ3v) is 3.78. The molecule has 1 atom stereocenters. The first kappa shape index (κ1) is 14.9. The Morgan fingerprint density at radius 2 is 1.96 bits per heavy atom. The summed E-state index contributed by atoms with van der Waals surface area (Å²) in [7, 11) is 0. The third-order valence-electron chi connectivity index (χ3n) is 3.78. The third kappa shape index (κ3) is 3.07. The summed E-state index contributed by atoms with van der Waals surface area (Å²) < 4.78 is 6.10. The van der Waals surface area contributed by atoms with Crippen molar-refractivity contribution in [1.29, 1.82) is 0 Å². The van der Waals surface area contributed by atoms with Gasteiger partial charge in [-0.25, -0.2) is 9.31 Å². The van der Waals surface area contributed by atoms with Crippen molar-refractivity contribution in [2.24, 2.45) is 0 Å². The average molecular weight is 335 g/mol. The lowest BCUT2D eigenvalue weighted by atomic mass is 10.1. The van der Waals surface area contributed by atoms with Crippen LogP contribution in [0.25, 0.3) is 11.0 Å². The minimum absolute atomic E-state index is 0.211. The normalized spacial score (nSPS) is 12.2. The molecule has 0 fully saturated rings. The topological polar surface area (TPSA) is 112 Å². The molecule has 2 heterocycles. The molecule has 1 amide bonds. The molecule has 1 N–H and O–H groups in total. The zero-order valence-corrected chi connectivity index (χ0v) is 13.0. The summed E-state index contributed by atoms with van der Waals surface area (Å²) in [6, 6.07) is 14.2. The second kappa shape index (κ2) is 6.48. The van der Waals surface area contributed by atoms with E-state index in [4.69, 9.17) is 0 Å². The molecule has 0 aliphatic heterocycles. The number of nitrogens with zero attached hydrogens (tertiary/aromatic N) is 6. The molecular weight excluding hydrogens is 322 g/mol. The summed E-state index contributed by atoms with van der Waals surface area (Å²) in [5.74, 6) is -0.211. The lowest BCUT2D eigenvalue weighted by Crippen LogP contribution is -2.33. The van der Waals surface area contributed by atoms with Crippen molar-refractivity contribution >= 4 is 16.9 Å². The second-order valence-electron chi connectivity index (χ2n) is 5.41. The van der Waals surface area contributed by atoms with Crippen LogP contribution < -0.4 is 5.32 Å². The number of tetrazole rings is 1. The molecule has 0 radical (unpaired) electrons. The standard InChI is InChI=1S/C16H13N7O2/c24-16(17-9-11-6-7-13-14(8-11)20-25-19-13)15(23-10-18-21-22-23)12-4-2-1-3-5-12/h1-8,10,15H,9H2,(H,17,24).